The Balaban J connectivity index is 1.31. The van der Waals surface area contributed by atoms with Gasteiger partial charge in [0.15, 0.2) is 0 Å². The highest BCUT2D eigenvalue weighted by atomic mass is 79.9. The van der Waals surface area contributed by atoms with Crippen molar-refractivity contribution in [2.45, 2.75) is 29.2 Å². The van der Waals surface area contributed by atoms with Gasteiger partial charge in [0.05, 0.1) is 16.9 Å². The summed E-state index contributed by atoms with van der Waals surface area (Å²) in [6.07, 6.45) is 0.736. The molecule has 4 aliphatic rings. The summed E-state index contributed by atoms with van der Waals surface area (Å²) in [6.45, 7) is -0.213. The first-order valence-corrected chi connectivity index (χ1v) is 15.2. The van der Waals surface area contributed by atoms with Gasteiger partial charge in [0, 0.05) is 26.1 Å². The van der Waals surface area contributed by atoms with Crippen molar-refractivity contribution in [2.75, 3.05) is 6.54 Å². The van der Waals surface area contributed by atoms with Crippen LogP contribution in [0.2, 0.25) is 0 Å². The van der Waals surface area contributed by atoms with E-state index < -0.39 is 24.3 Å². The molecule has 3 heterocycles. The number of ether oxygens (including phenoxy) is 1. The third-order valence-corrected chi connectivity index (χ3v) is 11.7. The molecule has 2 aliphatic heterocycles. The fourth-order valence-corrected chi connectivity index (χ4v) is 10.6. The predicted octanol–water partition coefficient (Wildman–Crippen LogP) is 4.34. The summed E-state index contributed by atoms with van der Waals surface area (Å²) < 4.78 is 7.24. The maximum absolute atomic E-state index is 13.4. The number of rotatable bonds is 6. The number of thioether (sulfide) groups is 1. The Labute approximate surface area is 239 Å². The first-order chi connectivity index (χ1) is 18.8. The zero-order valence-electron chi connectivity index (χ0n) is 20.4. The molecule has 7 rings (SSSR count). The normalized spacial score (nSPS) is 30.3. The number of aliphatic carboxylic acids is 1. The van der Waals surface area contributed by atoms with Crippen molar-refractivity contribution in [3.05, 3.63) is 78.7 Å². The average Bonchev–Trinajstić information content (AvgIpc) is 3.64. The number of nitrogens with one attached hydrogen (secondary N) is 1. The summed E-state index contributed by atoms with van der Waals surface area (Å²) in [5.41, 5.74) is 1.97. The minimum absolute atomic E-state index is 0.00453. The second-order valence-corrected chi connectivity index (χ2v) is 13.7. The summed E-state index contributed by atoms with van der Waals surface area (Å²) in [5, 5.41) is 10.2. The van der Waals surface area contributed by atoms with Crippen molar-refractivity contribution < 1.29 is 24.2 Å². The van der Waals surface area contributed by atoms with Gasteiger partial charge in [-0.05, 0) is 47.9 Å². The van der Waals surface area contributed by atoms with Crippen molar-refractivity contribution in [3.8, 4) is 5.75 Å². The van der Waals surface area contributed by atoms with Crippen LogP contribution in [0.4, 0.5) is 0 Å². The maximum Gasteiger partial charge on any atom is 0.323 e. The van der Waals surface area contributed by atoms with E-state index in [1.54, 1.807) is 11.8 Å². The first-order valence-electron chi connectivity index (χ1n) is 12.7. The number of imide groups is 1. The third kappa shape index (κ3) is 3.92. The van der Waals surface area contributed by atoms with Crippen LogP contribution in [0.15, 0.2) is 62.8 Å². The van der Waals surface area contributed by atoms with E-state index in [0.717, 1.165) is 36.8 Å². The molecule has 6 unspecified atom stereocenters. The van der Waals surface area contributed by atoms with Crippen molar-refractivity contribution in [1.29, 1.82) is 0 Å². The average molecular weight is 628 g/mol. The third-order valence-electron chi connectivity index (χ3n) is 8.65. The lowest BCUT2D eigenvalue weighted by Gasteiger charge is -2.43. The summed E-state index contributed by atoms with van der Waals surface area (Å²) >= 11 is 6.42. The molecule has 11 heteroatoms. The lowest BCUT2D eigenvalue weighted by molar-refractivity contribution is -0.149. The fourth-order valence-electron chi connectivity index (χ4n) is 7.35. The van der Waals surface area contributed by atoms with Crippen LogP contribution in [0.5, 0.6) is 5.75 Å². The molecule has 2 saturated carbocycles. The quantitative estimate of drug-likeness (QED) is 0.391. The zero-order valence-corrected chi connectivity index (χ0v) is 23.6. The Kier molecular flexibility index (Phi) is 6.02. The van der Waals surface area contributed by atoms with E-state index in [0.29, 0.717) is 12.4 Å². The van der Waals surface area contributed by atoms with Gasteiger partial charge in [-0.15, -0.1) is 11.8 Å². The highest BCUT2D eigenvalue weighted by Crippen LogP contribution is 2.69. The molecule has 0 radical (unpaired) electrons. The Hall–Kier alpha value is -2.89. The molecule has 8 nitrogen and oxygen atoms in total. The van der Waals surface area contributed by atoms with E-state index >= 15 is 0 Å². The lowest BCUT2D eigenvalue weighted by atomic mass is 9.68. The number of nitrogens with zero attached hydrogens (tertiary/aromatic N) is 1. The van der Waals surface area contributed by atoms with Crippen LogP contribution in [0.1, 0.15) is 28.3 Å². The van der Waals surface area contributed by atoms with Crippen LogP contribution in [-0.2, 0) is 21.0 Å². The van der Waals surface area contributed by atoms with Crippen LogP contribution in [-0.4, -0.2) is 44.6 Å². The molecule has 2 aliphatic carbocycles. The van der Waals surface area contributed by atoms with Gasteiger partial charge >= 0.3 is 10.8 Å². The molecule has 200 valence electrons. The molecule has 2 bridgehead atoms. The Morgan fingerprint density at radius 1 is 1.08 bits per heavy atom. The van der Waals surface area contributed by atoms with Gasteiger partial charge in [0.2, 0.25) is 11.8 Å². The number of amides is 2. The highest BCUT2D eigenvalue weighted by molar-refractivity contribution is 9.10. The maximum atomic E-state index is 13.4. The minimum atomic E-state index is -1.19. The molecule has 2 amide bonds. The second kappa shape index (κ2) is 9.35. The van der Waals surface area contributed by atoms with E-state index in [4.69, 9.17) is 4.74 Å². The first kappa shape index (κ1) is 25.1. The van der Waals surface area contributed by atoms with E-state index in [-0.39, 0.29) is 45.6 Å². The number of fused-ring (bicyclic) bond motifs is 9. The number of H-pyrrole nitrogens is 1. The molecule has 7 atom stereocenters. The summed E-state index contributed by atoms with van der Waals surface area (Å²) in [7, 11) is 0. The van der Waals surface area contributed by atoms with Crippen LogP contribution >= 0.6 is 39.0 Å². The van der Waals surface area contributed by atoms with E-state index in [9.17, 15) is 24.3 Å². The smallest absolute Gasteiger partial charge is 0.323 e. The number of carboxylic acids is 1. The van der Waals surface area contributed by atoms with Crippen molar-refractivity contribution in [2.24, 2.45) is 29.6 Å². The number of halogens is 1. The molecule has 3 aromatic rings. The molecule has 1 saturated heterocycles. The molecular weight excluding hydrogens is 604 g/mol. The molecular formula is C28H23BrN2O6S2. The highest BCUT2D eigenvalue weighted by Gasteiger charge is 2.69. The summed E-state index contributed by atoms with van der Waals surface area (Å²) in [6, 6.07) is 15.8. The Morgan fingerprint density at radius 3 is 2.56 bits per heavy atom. The molecule has 3 fully saturated rings. The topological polar surface area (TPSA) is 117 Å². The number of benzene rings is 2. The van der Waals surface area contributed by atoms with E-state index in [1.165, 1.54) is 11.3 Å². The largest absolute Gasteiger partial charge is 0.489 e. The van der Waals surface area contributed by atoms with Gasteiger partial charge in [-0.1, -0.05) is 57.6 Å². The van der Waals surface area contributed by atoms with Crippen molar-refractivity contribution >= 4 is 56.8 Å². The molecule has 1 aromatic heterocycles. The minimum Gasteiger partial charge on any atom is -0.489 e. The van der Waals surface area contributed by atoms with Crippen LogP contribution in [0, 0.1) is 29.6 Å². The van der Waals surface area contributed by atoms with Gasteiger partial charge in [-0.25, -0.2) is 0 Å². The van der Waals surface area contributed by atoms with Crippen LogP contribution in [0.3, 0.4) is 0 Å². The fraction of sp³-hybridized carbons (Fsp3) is 0.357. The van der Waals surface area contributed by atoms with Gasteiger partial charge < -0.3 is 14.8 Å². The Bertz CT molecular complexity index is 1570. The number of hydrogen-bond acceptors (Lipinski definition) is 7. The standard InChI is InChI=1S/C28H23BrN2O6S2/c29-13-6-7-17(37-11-12-4-2-1-3-5-12)14(8-13)19-20-15-9-16(23(20)38-25-24(19)39-28(36)30-25)22-21(15)26(34)31(27(22)35)10-18(32)33/h1-8,15-16,19-23H,9-11H2,(H,30,36)(H,32,33)/t15?,16?,19-,20?,21?,22?,23?/m1/s1. The Morgan fingerprint density at radius 2 is 1.82 bits per heavy atom. The van der Waals surface area contributed by atoms with E-state index in [1.807, 2.05) is 48.5 Å². The number of carbonyl (C=O) groups excluding carboxylic acids is 2. The molecule has 39 heavy (non-hydrogen) atoms. The lowest BCUT2D eigenvalue weighted by Crippen LogP contribution is -2.42. The molecule has 2 N–H and O–H groups in total. The monoisotopic (exact) mass is 626 g/mol. The van der Waals surface area contributed by atoms with Gasteiger partial charge in [-0.2, -0.15) is 0 Å². The number of carboxylic acid groups (broad SMARTS) is 1. The molecule has 0 spiro atoms. The van der Waals surface area contributed by atoms with Crippen molar-refractivity contribution in [3.63, 3.8) is 0 Å². The summed E-state index contributed by atoms with van der Waals surface area (Å²) in [4.78, 5) is 55.4. The number of likely N-dealkylation sites (tertiary alicyclic amines) is 1. The second-order valence-electron chi connectivity index (χ2n) is 10.6. The van der Waals surface area contributed by atoms with Gasteiger partial charge in [-0.3, -0.25) is 24.1 Å². The number of aromatic nitrogens is 1. The van der Waals surface area contributed by atoms with Crippen LogP contribution in [0.25, 0.3) is 0 Å². The van der Waals surface area contributed by atoms with Gasteiger partial charge in [0.25, 0.3) is 0 Å². The van der Waals surface area contributed by atoms with Gasteiger partial charge in [0.1, 0.15) is 18.9 Å². The number of aromatic amines is 1. The number of carbonyl (C=O) groups is 3. The number of thiazole rings is 1. The van der Waals surface area contributed by atoms with Crippen LogP contribution < -0.4 is 9.61 Å². The molecule has 2 aromatic carbocycles. The summed E-state index contributed by atoms with van der Waals surface area (Å²) in [5.74, 6) is -2.61. The SMILES string of the molecule is O=C(O)CN1C(=O)C2C3CC(C2C1=O)C1C3Sc2[nH]c(=O)sc2[C@@H]1c1cc(Br)ccc1OCc1ccccc1. The van der Waals surface area contributed by atoms with E-state index in [2.05, 4.69) is 20.9 Å². The zero-order chi connectivity index (χ0) is 27.0. The number of hydrogen-bond donors (Lipinski definition) is 2. The van der Waals surface area contributed by atoms with Crippen molar-refractivity contribution in [1.82, 2.24) is 9.88 Å². The predicted molar refractivity (Wildman–Crippen MR) is 148 cm³/mol.